The van der Waals surface area contributed by atoms with E-state index in [4.69, 9.17) is 24.9 Å². The minimum Gasteiger partial charge on any atom is -0.228 e. The zero-order valence-electron chi connectivity index (χ0n) is 29.5. The maximum absolute atomic E-state index is 5.11. The van der Waals surface area contributed by atoms with Crippen molar-refractivity contribution in [2.45, 2.75) is 0 Å². The number of aromatic nitrogens is 5. The first kappa shape index (κ1) is 32.5. The second-order valence-electron chi connectivity index (χ2n) is 13.3. The zero-order chi connectivity index (χ0) is 36.6. The number of hydrogen-bond donors (Lipinski definition) is 0. The molecule has 10 rings (SSSR count). The molecular formula is C49H31N5S. The van der Waals surface area contributed by atoms with Crippen LogP contribution in [0.4, 0.5) is 0 Å². The summed E-state index contributed by atoms with van der Waals surface area (Å²) in [6.45, 7) is 0. The van der Waals surface area contributed by atoms with Crippen LogP contribution >= 0.6 is 11.3 Å². The molecular weight excluding hydrogens is 691 g/mol. The molecule has 0 fully saturated rings. The van der Waals surface area contributed by atoms with Gasteiger partial charge < -0.3 is 0 Å². The van der Waals surface area contributed by atoms with Crippen LogP contribution in [0.25, 0.3) is 99.4 Å². The van der Waals surface area contributed by atoms with Crippen LogP contribution in [0.15, 0.2) is 188 Å². The van der Waals surface area contributed by atoms with Crippen molar-refractivity contribution in [3.8, 4) is 79.2 Å². The largest absolute Gasteiger partial charge is 0.228 e. The lowest BCUT2D eigenvalue weighted by Gasteiger charge is -2.12. The van der Waals surface area contributed by atoms with Crippen molar-refractivity contribution < 1.29 is 0 Å². The number of hydrogen-bond acceptors (Lipinski definition) is 6. The van der Waals surface area contributed by atoms with Crippen molar-refractivity contribution in [2.24, 2.45) is 0 Å². The highest BCUT2D eigenvalue weighted by Crippen LogP contribution is 2.37. The van der Waals surface area contributed by atoms with Crippen LogP contribution in [0.3, 0.4) is 0 Å². The molecule has 0 amide bonds. The highest BCUT2D eigenvalue weighted by Gasteiger charge is 2.16. The zero-order valence-corrected chi connectivity index (χ0v) is 30.4. The third kappa shape index (κ3) is 6.45. The van der Waals surface area contributed by atoms with E-state index in [0.29, 0.717) is 23.3 Å². The van der Waals surface area contributed by atoms with E-state index in [9.17, 15) is 0 Å². The van der Waals surface area contributed by atoms with Crippen LogP contribution < -0.4 is 0 Å². The molecule has 0 bridgehead atoms. The van der Waals surface area contributed by atoms with Crippen LogP contribution in [0.2, 0.25) is 0 Å². The molecule has 0 aliphatic heterocycles. The van der Waals surface area contributed by atoms with Gasteiger partial charge in [0.15, 0.2) is 23.3 Å². The Kier molecular flexibility index (Phi) is 8.28. The molecule has 6 heteroatoms. The summed E-state index contributed by atoms with van der Waals surface area (Å²) in [7, 11) is 0. The minimum absolute atomic E-state index is 0.618. The first-order valence-corrected chi connectivity index (χ1v) is 19.0. The van der Waals surface area contributed by atoms with Gasteiger partial charge in [0.1, 0.15) is 0 Å². The molecule has 258 valence electrons. The van der Waals surface area contributed by atoms with Crippen molar-refractivity contribution in [1.29, 1.82) is 0 Å². The van der Waals surface area contributed by atoms with Gasteiger partial charge in [0, 0.05) is 53.6 Å². The van der Waals surface area contributed by atoms with Crippen LogP contribution in [-0.4, -0.2) is 24.9 Å². The number of thiophene rings is 1. The second-order valence-corrected chi connectivity index (χ2v) is 14.4. The predicted molar refractivity (Wildman–Crippen MR) is 226 cm³/mol. The highest BCUT2D eigenvalue weighted by molar-refractivity contribution is 7.25. The summed E-state index contributed by atoms with van der Waals surface area (Å²) in [5.41, 5.74) is 9.67. The molecule has 55 heavy (non-hydrogen) atoms. The van der Waals surface area contributed by atoms with E-state index in [2.05, 4.69) is 109 Å². The van der Waals surface area contributed by atoms with Crippen molar-refractivity contribution in [3.63, 3.8) is 0 Å². The van der Waals surface area contributed by atoms with E-state index in [0.717, 1.165) is 55.9 Å². The van der Waals surface area contributed by atoms with Gasteiger partial charge in [-0.05, 0) is 53.6 Å². The van der Waals surface area contributed by atoms with Gasteiger partial charge in [0.2, 0.25) is 0 Å². The van der Waals surface area contributed by atoms with Crippen molar-refractivity contribution in [3.05, 3.63) is 188 Å². The molecule has 10 aromatic rings. The predicted octanol–water partition coefficient (Wildman–Crippen LogP) is 12.7. The van der Waals surface area contributed by atoms with Crippen LogP contribution in [0.5, 0.6) is 0 Å². The van der Waals surface area contributed by atoms with Gasteiger partial charge in [-0.15, -0.1) is 11.3 Å². The molecule has 0 aliphatic carbocycles. The molecule has 0 N–H and O–H groups in total. The molecule has 5 nitrogen and oxygen atoms in total. The fraction of sp³-hybridized carbons (Fsp3) is 0. The summed E-state index contributed by atoms with van der Waals surface area (Å²) in [4.78, 5) is 25.2. The quantitative estimate of drug-likeness (QED) is 0.164. The number of nitrogens with zero attached hydrogens (tertiary/aromatic N) is 5. The van der Waals surface area contributed by atoms with Crippen molar-refractivity contribution in [1.82, 2.24) is 24.9 Å². The smallest absolute Gasteiger partial charge is 0.164 e. The lowest BCUT2D eigenvalue weighted by atomic mass is 9.99. The molecule has 3 aromatic heterocycles. The first-order chi connectivity index (χ1) is 27.2. The highest BCUT2D eigenvalue weighted by atomic mass is 32.1. The Labute approximate surface area is 322 Å². The molecule has 3 heterocycles. The van der Waals surface area contributed by atoms with Gasteiger partial charge in [-0.3, -0.25) is 0 Å². The molecule has 0 saturated carbocycles. The van der Waals surface area contributed by atoms with Crippen molar-refractivity contribution >= 4 is 31.5 Å². The lowest BCUT2D eigenvalue weighted by molar-refractivity contribution is 1.07. The molecule has 0 radical (unpaired) electrons. The molecule has 7 aromatic carbocycles. The van der Waals surface area contributed by atoms with E-state index < -0.39 is 0 Å². The normalized spacial score (nSPS) is 11.3. The average molecular weight is 722 g/mol. The maximum atomic E-state index is 5.11. The number of fused-ring (bicyclic) bond motifs is 3. The standard InChI is InChI=1S/C49H31N5S/c1-4-14-32(15-5-1)42-31-43(51-46(50-42)33-16-6-2-7-17-33)37-22-12-20-35(28-37)36-21-13-23-38(29-36)48-52-47(34-18-8-3-9-19-34)53-49(54-48)39-26-27-45-41(30-39)40-24-10-11-25-44(40)55-45/h1-31H. The Hall–Kier alpha value is -7.15. The van der Waals surface area contributed by atoms with E-state index in [1.54, 1.807) is 11.3 Å². The van der Waals surface area contributed by atoms with Crippen LogP contribution in [-0.2, 0) is 0 Å². The van der Waals surface area contributed by atoms with Crippen molar-refractivity contribution in [2.75, 3.05) is 0 Å². The Morgan fingerprint density at radius 1 is 0.255 bits per heavy atom. The summed E-state index contributed by atoms with van der Waals surface area (Å²) in [5.74, 6) is 2.58. The van der Waals surface area contributed by atoms with Gasteiger partial charge in [-0.1, -0.05) is 146 Å². The minimum atomic E-state index is 0.618. The third-order valence-corrected chi connectivity index (χ3v) is 10.9. The summed E-state index contributed by atoms with van der Waals surface area (Å²) in [6, 6.07) is 64.6. The van der Waals surface area contributed by atoms with E-state index in [1.807, 2.05) is 78.9 Å². The molecule has 0 spiro atoms. The number of rotatable bonds is 7. The first-order valence-electron chi connectivity index (χ1n) is 18.2. The molecule has 0 atom stereocenters. The van der Waals surface area contributed by atoms with E-state index in [-0.39, 0.29) is 0 Å². The van der Waals surface area contributed by atoms with E-state index in [1.165, 1.54) is 20.2 Å². The van der Waals surface area contributed by atoms with Crippen LogP contribution in [0.1, 0.15) is 0 Å². The third-order valence-electron chi connectivity index (χ3n) is 9.74. The Balaban J connectivity index is 1.06. The fourth-order valence-corrected chi connectivity index (χ4v) is 8.07. The molecule has 0 aliphatic rings. The molecule has 0 unspecified atom stereocenters. The Bertz CT molecular complexity index is 2920. The van der Waals surface area contributed by atoms with E-state index >= 15 is 0 Å². The number of benzene rings is 7. The van der Waals surface area contributed by atoms with Gasteiger partial charge >= 0.3 is 0 Å². The monoisotopic (exact) mass is 721 g/mol. The molecule has 0 saturated heterocycles. The lowest BCUT2D eigenvalue weighted by Crippen LogP contribution is -2.00. The summed E-state index contributed by atoms with van der Waals surface area (Å²) in [5, 5.41) is 2.45. The second kappa shape index (κ2) is 14.0. The summed E-state index contributed by atoms with van der Waals surface area (Å²) >= 11 is 1.80. The van der Waals surface area contributed by atoms with Gasteiger partial charge in [0.25, 0.3) is 0 Å². The SMILES string of the molecule is c1ccc(-c2cc(-c3cccc(-c4cccc(-c5nc(-c6ccccc6)nc(-c6ccc7sc8ccccc8c7c6)n5)c4)c3)nc(-c3ccccc3)n2)cc1. The Morgan fingerprint density at radius 2 is 0.691 bits per heavy atom. The fourth-order valence-electron chi connectivity index (χ4n) is 6.98. The maximum Gasteiger partial charge on any atom is 0.164 e. The topological polar surface area (TPSA) is 64.5 Å². The summed E-state index contributed by atoms with van der Waals surface area (Å²) < 4.78 is 2.51. The van der Waals surface area contributed by atoms with Gasteiger partial charge in [0.05, 0.1) is 11.4 Å². The average Bonchev–Trinajstić information content (AvgIpc) is 3.65. The van der Waals surface area contributed by atoms with Gasteiger partial charge in [-0.25, -0.2) is 24.9 Å². The van der Waals surface area contributed by atoms with Crippen LogP contribution in [0, 0.1) is 0 Å². The van der Waals surface area contributed by atoms with Gasteiger partial charge in [-0.2, -0.15) is 0 Å². The Morgan fingerprint density at radius 3 is 1.35 bits per heavy atom. The summed E-state index contributed by atoms with van der Waals surface area (Å²) in [6.07, 6.45) is 0.